The molecule has 0 amide bonds. The monoisotopic (exact) mass is 507 g/mol. The van der Waals surface area contributed by atoms with E-state index in [4.69, 9.17) is 0 Å². The number of hydrogen-bond donors (Lipinski definition) is 1. The Hall–Kier alpha value is -3.55. The van der Waals surface area contributed by atoms with Crippen LogP contribution in [0.5, 0.6) is 0 Å². The van der Waals surface area contributed by atoms with E-state index in [-0.39, 0.29) is 6.71 Å². The van der Waals surface area contributed by atoms with Gasteiger partial charge >= 0.3 is 230 Å². The van der Waals surface area contributed by atoms with Gasteiger partial charge in [-0.05, 0) is 0 Å². The van der Waals surface area contributed by atoms with E-state index in [1.807, 2.05) is 0 Å². The average Bonchev–Trinajstić information content (AvgIpc) is 3.55. The van der Waals surface area contributed by atoms with Gasteiger partial charge in [0.1, 0.15) is 0 Å². The standard InChI is InChI=1S/C31H21B5N2P/c1-2-11-21(12-3-1)37-39(34-32-35(39)36(34)39)29-19-23-22-13-5-8-16-27(22)38-28-17-9-7-15-26(28)33-25-14-6-4-10-20(25)18-24(29)30(33)31(23)38/h1-17,19,37H,18H2/q-1. The second kappa shape index (κ2) is 6.27. The quantitative estimate of drug-likeness (QED) is 0.286. The molecule has 6 aromatic rings. The molecule has 12 rings (SSSR count). The van der Waals surface area contributed by atoms with Crippen molar-refractivity contribution in [2.45, 2.75) is 6.42 Å². The maximum atomic E-state index is 4.33. The molecule has 2 nitrogen and oxygen atoms in total. The van der Waals surface area contributed by atoms with Crippen LogP contribution in [0.3, 0.4) is 0 Å². The summed E-state index contributed by atoms with van der Waals surface area (Å²) in [6, 6.07) is 41.3. The predicted octanol–water partition coefficient (Wildman–Crippen LogP) is 3.59. The van der Waals surface area contributed by atoms with Crippen molar-refractivity contribution in [3.05, 3.63) is 120 Å². The van der Waals surface area contributed by atoms with Crippen LogP contribution in [0.25, 0.3) is 27.5 Å². The topological polar surface area (TPSA) is 17.0 Å². The molecule has 4 saturated heterocycles. The number of aromatic nitrogens is 1. The van der Waals surface area contributed by atoms with Crippen LogP contribution in [0.2, 0.25) is 0 Å². The number of anilines is 1. The van der Waals surface area contributed by atoms with Crippen LogP contribution in [0, 0.1) is 0 Å². The van der Waals surface area contributed by atoms with Crippen molar-refractivity contribution in [1.29, 1.82) is 0 Å². The first kappa shape index (κ1) is 20.4. The van der Waals surface area contributed by atoms with Gasteiger partial charge in [0.15, 0.2) is 0 Å². The first-order chi connectivity index (χ1) is 19.3. The fraction of sp³-hybridized carbons (Fsp3) is 0.0323. The van der Waals surface area contributed by atoms with Gasteiger partial charge < -0.3 is 0 Å². The van der Waals surface area contributed by atoms with Crippen molar-refractivity contribution in [1.82, 2.24) is 4.57 Å². The van der Waals surface area contributed by atoms with E-state index in [0.717, 1.165) is 25.1 Å². The zero-order valence-corrected chi connectivity index (χ0v) is 22.3. The molecule has 1 N–H and O–H groups in total. The van der Waals surface area contributed by atoms with Crippen molar-refractivity contribution >= 4 is 88.0 Å². The van der Waals surface area contributed by atoms with E-state index in [1.54, 1.807) is 16.3 Å². The summed E-state index contributed by atoms with van der Waals surface area (Å²) in [5.74, 6) is 0. The molecule has 0 atom stereocenters. The average molecular weight is 507 g/mol. The Kier molecular flexibility index (Phi) is 3.27. The van der Waals surface area contributed by atoms with Crippen LogP contribution in [0.1, 0.15) is 11.1 Å². The number of nitrogens with zero attached hydrogens (tertiary/aromatic N) is 1. The van der Waals surface area contributed by atoms with Gasteiger partial charge in [0.25, 0.3) is 0 Å². The number of nitrogens with one attached hydrogen (secondary N) is 1. The maximum absolute atomic E-state index is 4.33. The summed E-state index contributed by atoms with van der Waals surface area (Å²) < 4.78 is 2.59. The third-order valence-electron chi connectivity index (χ3n) is 11.1. The van der Waals surface area contributed by atoms with Gasteiger partial charge in [-0.1, -0.05) is 0 Å². The molecule has 4 fully saturated rings. The van der Waals surface area contributed by atoms with Crippen molar-refractivity contribution in [3.8, 4) is 5.69 Å². The van der Waals surface area contributed by atoms with Crippen molar-refractivity contribution in [3.63, 3.8) is 0 Å². The van der Waals surface area contributed by atoms with E-state index in [9.17, 15) is 0 Å². The third kappa shape index (κ3) is 1.98. The van der Waals surface area contributed by atoms with E-state index >= 15 is 0 Å². The Morgan fingerprint density at radius 3 is 2.28 bits per heavy atom. The fourth-order valence-corrected chi connectivity index (χ4v) is 17.7. The zero-order valence-electron chi connectivity index (χ0n) is 21.4. The van der Waals surface area contributed by atoms with Crippen molar-refractivity contribution in [2.75, 3.05) is 5.09 Å². The second-order valence-corrected chi connectivity index (χ2v) is 17.5. The van der Waals surface area contributed by atoms with Crippen LogP contribution in [-0.2, 0) is 6.42 Å². The molecule has 5 aromatic carbocycles. The molecule has 0 unspecified atom stereocenters. The van der Waals surface area contributed by atoms with Crippen molar-refractivity contribution < 1.29 is 0 Å². The van der Waals surface area contributed by atoms with Gasteiger partial charge in [0, 0.05) is 0 Å². The van der Waals surface area contributed by atoms with Crippen LogP contribution in [0.15, 0.2) is 109 Å². The Morgan fingerprint density at radius 2 is 1.46 bits per heavy atom. The summed E-state index contributed by atoms with van der Waals surface area (Å²) in [5.41, 5.74) is 13.1. The fourth-order valence-electron chi connectivity index (χ4n) is 9.43. The Balaban J connectivity index is 1.32. The van der Waals surface area contributed by atoms with Crippen molar-refractivity contribution in [2.24, 2.45) is 0 Å². The van der Waals surface area contributed by atoms with Gasteiger partial charge in [-0.2, -0.15) is 0 Å². The second-order valence-electron chi connectivity index (χ2n) is 12.4. The molecule has 0 saturated carbocycles. The van der Waals surface area contributed by atoms with Gasteiger partial charge in [-0.15, -0.1) is 0 Å². The minimum atomic E-state index is -2.23. The number of para-hydroxylation sites is 3. The summed E-state index contributed by atoms with van der Waals surface area (Å²) in [7, 11) is 2.66. The first-order valence-corrected chi connectivity index (χ1v) is 16.7. The molecule has 2 radical (unpaired) electrons. The molecule has 1 aromatic heterocycles. The molecular weight excluding hydrogens is 485 g/mol. The SMILES string of the molecule is [B-]1B2B3B1P23(Nc1ccccc1)c1cc2c3ccccc3n3c2c2c1Cc1ccccc1B2c1ccccc1-3. The molecule has 0 aliphatic carbocycles. The van der Waals surface area contributed by atoms with E-state index in [1.165, 1.54) is 49.7 Å². The molecular formula is C31H21B5N2P-. The first-order valence-electron chi connectivity index (χ1n) is 14.3. The minimum absolute atomic E-state index is 0.286. The summed E-state index contributed by atoms with van der Waals surface area (Å²) in [4.78, 5) is 0. The predicted molar refractivity (Wildman–Crippen MR) is 174 cm³/mol. The molecule has 176 valence electrons. The summed E-state index contributed by atoms with van der Waals surface area (Å²) in [6.07, 6.45) is 1.20. The number of benzene rings is 5. The number of fused-ring (bicyclic) bond motifs is 8. The van der Waals surface area contributed by atoms with E-state index in [2.05, 4.69) is 126 Å². The molecule has 0 spiro atoms. The molecule has 39 heavy (non-hydrogen) atoms. The third-order valence-corrected chi connectivity index (χ3v) is 18.2. The zero-order chi connectivity index (χ0) is 25.1. The van der Waals surface area contributed by atoms with Crippen LogP contribution >= 0.6 is 6.39 Å². The van der Waals surface area contributed by atoms with Crippen LogP contribution in [0.4, 0.5) is 5.69 Å². The molecule has 6 aliphatic rings. The summed E-state index contributed by atoms with van der Waals surface area (Å²) in [5, 5.41) is 8.88. The normalized spacial score (nSPS) is 19.9. The molecule has 6 aliphatic heterocycles. The Bertz CT molecular complexity index is 2100. The Labute approximate surface area is 229 Å². The number of rotatable bonds is 3. The van der Waals surface area contributed by atoms with E-state index < -0.39 is 6.39 Å². The van der Waals surface area contributed by atoms with E-state index in [0.29, 0.717) is 0 Å². The van der Waals surface area contributed by atoms with Gasteiger partial charge in [-0.3, -0.25) is 0 Å². The number of hydrogen-bond acceptors (Lipinski definition) is 1. The van der Waals surface area contributed by atoms with Gasteiger partial charge in [-0.25, -0.2) is 0 Å². The summed E-state index contributed by atoms with van der Waals surface area (Å²) in [6.45, 7) is 0.286. The van der Waals surface area contributed by atoms with Crippen LogP contribution in [-0.4, -0.2) is 37.0 Å². The Morgan fingerprint density at radius 1 is 0.744 bits per heavy atom. The molecule has 8 heteroatoms. The summed E-state index contributed by atoms with van der Waals surface area (Å²) >= 11 is 0. The van der Waals surface area contributed by atoms with Crippen LogP contribution < -0.4 is 26.8 Å². The molecule has 2 bridgehead atoms. The van der Waals surface area contributed by atoms with Gasteiger partial charge in [0.05, 0.1) is 0 Å². The van der Waals surface area contributed by atoms with Gasteiger partial charge in [0.2, 0.25) is 0 Å². The molecule has 7 heterocycles.